The molecule has 0 aromatic heterocycles. The molecule has 1 unspecified atom stereocenters. The molecule has 6 nitrogen and oxygen atoms in total. The minimum Gasteiger partial charge on any atom is -0.463 e. The first-order chi connectivity index (χ1) is 23.3. The number of aliphatic hydroxyl groups excluding tert-OH is 2. The third-order valence-electron chi connectivity index (χ3n) is 8.30. The largest absolute Gasteiger partial charge is 0.463 e. The zero-order chi connectivity index (χ0) is 35.3. The number of hydrogen-bond acceptors (Lipinski definition) is 6. The van der Waals surface area contributed by atoms with E-state index in [4.69, 9.17) is 9.47 Å². The van der Waals surface area contributed by atoms with Crippen LogP contribution in [0.3, 0.4) is 0 Å². The summed E-state index contributed by atoms with van der Waals surface area (Å²) in [5.41, 5.74) is 0. The first kappa shape index (κ1) is 45.8. The van der Waals surface area contributed by atoms with Gasteiger partial charge in [0.25, 0.3) is 0 Å². The van der Waals surface area contributed by atoms with Crippen molar-refractivity contribution in [3.05, 3.63) is 48.6 Å². The Kier molecular flexibility index (Phi) is 34.5. The fraction of sp³-hybridized carbons (Fsp3) is 0.762. The number of unbranched alkanes of at least 4 members (excludes halogenated alkanes) is 13. The van der Waals surface area contributed by atoms with Crippen LogP contribution in [-0.4, -0.2) is 47.6 Å². The standard InChI is InChI=1S/C42H74O6/c1-4-31-39(43)33-28-24-20-16-12-8-6-10-14-18-22-26-30-35-42(46)48-37-40(44)36-47-41(45)34-29-25-21-17-13-9-5-7-11-15-19-23-27-32-38(2)3/h6,10,12,16,18,22,24,28,38-40,43-44H,4-5,7-9,11,13-15,17,19-21,23,25-27,29-37H2,1-3H3/b10-6-,16-12-,22-18-,28-24-/t39?,40-/m1/s1. The molecule has 0 fully saturated rings. The highest BCUT2D eigenvalue weighted by Gasteiger charge is 2.12. The van der Waals surface area contributed by atoms with Gasteiger partial charge in [0, 0.05) is 12.8 Å². The van der Waals surface area contributed by atoms with Crippen LogP contribution in [0.2, 0.25) is 0 Å². The molecule has 0 aliphatic rings. The van der Waals surface area contributed by atoms with Crippen molar-refractivity contribution in [2.24, 2.45) is 5.92 Å². The van der Waals surface area contributed by atoms with E-state index >= 15 is 0 Å². The summed E-state index contributed by atoms with van der Waals surface area (Å²) in [5, 5.41) is 19.7. The lowest BCUT2D eigenvalue weighted by Crippen LogP contribution is -2.25. The molecule has 0 saturated heterocycles. The molecule has 0 heterocycles. The molecule has 0 radical (unpaired) electrons. The Morgan fingerprint density at radius 1 is 0.521 bits per heavy atom. The van der Waals surface area contributed by atoms with Crippen LogP contribution in [0.1, 0.15) is 175 Å². The topological polar surface area (TPSA) is 93.1 Å². The lowest BCUT2D eigenvalue weighted by Gasteiger charge is -2.12. The van der Waals surface area contributed by atoms with Crippen LogP contribution in [-0.2, 0) is 19.1 Å². The normalized spacial score (nSPS) is 13.5. The van der Waals surface area contributed by atoms with Gasteiger partial charge in [-0.2, -0.15) is 0 Å². The monoisotopic (exact) mass is 675 g/mol. The van der Waals surface area contributed by atoms with E-state index < -0.39 is 6.10 Å². The summed E-state index contributed by atoms with van der Waals surface area (Å²) in [6.07, 6.45) is 40.9. The third-order valence-corrected chi connectivity index (χ3v) is 8.30. The fourth-order valence-corrected chi connectivity index (χ4v) is 5.34. The maximum absolute atomic E-state index is 12.0. The molecule has 0 spiro atoms. The van der Waals surface area contributed by atoms with Crippen molar-refractivity contribution in [2.75, 3.05) is 13.2 Å². The molecule has 0 amide bonds. The quantitative estimate of drug-likeness (QED) is 0.0401. The number of esters is 2. The van der Waals surface area contributed by atoms with Gasteiger partial charge in [-0.3, -0.25) is 9.59 Å². The van der Waals surface area contributed by atoms with E-state index in [2.05, 4.69) is 69.4 Å². The molecule has 48 heavy (non-hydrogen) atoms. The van der Waals surface area contributed by atoms with Gasteiger partial charge in [0.15, 0.2) is 0 Å². The van der Waals surface area contributed by atoms with E-state index in [-0.39, 0.29) is 31.3 Å². The predicted molar refractivity (Wildman–Crippen MR) is 202 cm³/mol. The van der Waals surface area contributed by atoms with Crippen LogP contribution in [0, 0.1) is 5.92 Å². The van der Waals surface area contributed by atoms with Crippen molar-refractivity contribution < 1.29 is 29.3 Å². The van der Waals surface area contributed by atoms with Gasteiger partial charge in [0.2, 0.25) is 0 Å². The maximum Gasteiger partial charge on any atom is 0.305 e. The first-order valence-electron chi connectivity index (χ1n) is 19.6. The molecule has 2 N–H and O–H groups in total. The Morgan fingerprint density at radius 2 is 0.938 bits per heavy atom. The molecule has 0 rings (SSSR count). The van der Waals surface area contributed by atoms with Crippen LogP contribution >= 0.6 is 0 Å². The summed E-state index contributed by atoms with van der Waals surface area (Å²) in [7, 11) is 0. The van der Waals surface area contributed by atoms with Crippen LogP contribution in [0.4, 0.5) is 0 Å². The number of hydrogen-bond donors (Lipinski definition) is 2. The lowest BCUT2D eigenvalue weighted by atomic mass is 10.0. The highest BCUT2D eigenvalue weighted by Crippen LogP contribution is 2.15. The van der Waals surface area contributed by atoms with E-state index in [9.17, 15) is 19.8 Å². The molecule has 0 aliphatic heterocycles. The smallest absolute Gasteiger partial charge is 0.305 e. The van der Waals surface area contributed by atoms with Crippen molar-refractivity contribution in [1.82, 2.24) is 0 Å². The highest BCUT2D eigenvalue weighted by molar-refractivity contribution is 5.69. The van der Waals surface area contributed by atoms with Gasteiger partial charge < -0.3 is 19.7 Å². The van der Waals surface area contributed by atoms with Gasteiger partial charge in [-0.25, -0.2) is 0 Å². The van der Waals surface area contributed by atoms with Gasteiger partial charge in [0.1, 0.15) is 19.3 Å². The average molecular weight is 675 g/mol. The first-order valence-corrected chi connectivity index (χ1v) is 19.6. The fourth-order valence-electron chi connectivity index (χ4n) is 5.34. The van der Waals surface area contributed by atoms with Gasteiger partial charge in [-0.05, 0) is 57.3 Å². The molecular formula is C42H74O6. The summed E-state index contributed by atoms with van der Waals surface area (Å²) >= 11 is 0. The predicted octanol–water partition coefficient (Wildman–Crippen LogP) is 11.1. The van der Waals surface area contributed by atoms with E-state index in [1.165, 1.54) is 70.6 Å². The summed E-state index contributed by atoms with van der Waals surface area (Å²) in [6, 6.07) is 0. The Bertz CT molecular complexity index is 843. The number of carbonyl (C=O) groups excluding carboxylic acids is 2. The molecule has 0 aliphatic carbocycles. The zero-order valence-corrected chi connectivity index (χ0v) is 31.3. The lowest BCUT2D eigenvalue weighted by molar-refractivity contribution is -0.152. The Labute approximate surface area is 295 Å². The highest BCUT2D eigenvalue weighted by atomic mass is 16.6. The van der Waals surface area contributed by atoms with Crippen molar-refractivity contribution in [3.8, 4) is 0 Å². The Balaban J connectivity index is 3.55. The van der Waals surface area contributed by atoms with Crippen molar-refractivity contribution >= 4 is 11.9 Å². The molecule has 278 valence electrons. The van der Waals surface area contributed by atoms with Gasteiger partial charge in [-0.15, -0.1) is 0 Å². The van der Waals surface area contributed by atoms with Gasteiger partial charge in [-0.1, -0.05) is 159 Å². The maximum atomic E-state index is 12.0. The number of rotatable bonds is 34. The molecule has 0 aromatic carbocycles. The molecular weight excluding hydrogens is 600 g/mol. The summed E-state index contributed by atoms with van der Waals surface area (Å²) in [4.78, 5) is 23.9. The summed E-state index contributed by atoms with van der Waals surface area (Å²) in [6.45, 7) is 6.40. The van der Waals surface area contributed by atoms with Crippen LogP contribution in [0.15, 0.2) is 48.6 Å². The van der Waals surface area contributed by atoms with Crippen molar-refractivity contribution in [2.45, 2.75) is 187 Å². The van der Waals surface area contributed by atoms with Gasteiger partial charge >= 0.3 is 11.9 Å². The Hall–Kier alpha value is -2.18. The SMILES string of the molecule is CCCC(O)C/C=C\C/C=C\C/C=C\C/C=C\CCCC(=O)OC[C@H](O)COC(=O)CCCCCCCCCCCCCCCC(C)C. The molecule has 0 saturated carbocycles. The third kappa shape index (κ3) is 36.7. The zero-order valence-electron chi connectivity index (χ0n) is 31.3. The van der Waals surface area contributed by atoms with Crippen LogP contribution in [0.5, 0.6) is 0 Å². The average Bonchev–Trinajstić information content (AvgIpc) is 3.06. The second-order valence-electron chi connectivity index (χ2n) is 13.7. The minimum atomic E-state index is -0.995. The molecule has 6 heteroatoms. The molecule has 0 aromatic rings. The summed E-state index contributed by atoms with van der Waals surface area (Å²) < 4.78 is 10.3. The molecule has 2 atom stereocenters. The van der Waals surface area contributed by atoms with Crippen LogP contribution < -0.4 is 0 Å². The van der Waals surface area contributed by atoms with Gasteiger partial charge in [0.05, 0.1) is 6.10 Å². The number of carbonyl (C=O) groups is 2. The van der Waals surface area contributed by atoms with E-state index in [0.717, 1.165) is 70.1 Å². The van der Waals surface area contributed by atoms with Crippen molar-refractivity contribution in [1.29, 1.82) is 0 Å². The van der Waals surface area contributed by atoms with E-state index in [1.807, 2.05) is 0 Å². The molecule has 0 bridgehead atoms. The van der Waals surface area contributed by atoms with E-state index in [1.54, 1.807) is 0 Å². The minimum absolute atomic E-state index is 0.142. The number of aliphatic hydroxyl groups is 2. The summed E-state index contributed by atoms with van der Waals surface area (Å²) in [5.74, 6) is 0.193. The number of ether oxygens (including phenoxy) is 2. The second kappa shape index (κ2) is 36.1. The number of allylic oxidation sites excluding steroid dienone is 7. The van der Waals surface area contributed by atoms with Crippen LogP contribution in [0.25, 0.3) is 0 Å². The van der Waals surface area contributed by atoms with E-state index in [0.29, 0.717) is 19.3 Å². The second-order valence-corrected chi connectivity index (χ2v) is 13.7. The van der Waals surface area contributed by atoms with Crippen molar-refractivity contribution in [3.63, 3.8) is 0 Å². The Morgan fingerprint density at radius 3 is 1.42 bits per heavy atom.